The number of nitrogens with two attached hydrogens (primary N) is 1. The van der Waals surface area contributed by atoms with Crippen LogP contribution in [0.1, 0.15) is 15.9 Å². The number of aromatic nitrogens is 1. The van der Waals surface area contributed by atoms with E-state index in [1.165, 1.54) is 0 Å². The first kappa shape index (κ1) is 14.3. The van der Waals surface area contributed by atoms with Crippen molar-refractivity contribution >= 4 is 28.9 Å². The Morgan fingerprint density at radius 2 is 1.88 bits per heavy atom. The molecule has 0 atom stereocenters. The molecule has 5 heteroatoms. The smallest absolute Gasteiger partial charge is 0.333 e. The van der Waals surface area contributed by atoms with Gasteiger partial charge in [-0.25, -0.2) is 4.79 Å². The Kier molecular flexibility index (Phi) is 3.03. The molecule has 0 saturated heterocycles. The lowest BCUT2D eigenvalue weighted by Crippen LogP contribution is -2.11. The third-order valence-electron chi connectivity index (χ3n) is 4.36. The van der Waals surface area contributed by atoms with Gasteiger partial charge in [-0.3, -0.25) is 4.79 Å². The summed E-state index contributed by atoms with van der Waals surface area (Å²) < 4.78 is 1.92. The Morgan fingerprint density at radius 1 is 1.08 bits per heavy atom. The zero-order chi connectivity index (χ0) is 16.8. The fourth-order valence-corrected chi connectivity index (χ4v) is 3.19. The van der Waals surface area contributed by atoms with Crippen LogP contribution in [-0.2, 0) is 11.3 Å². The van der Waals surface area contributed by atoms with Crippen molar-refractivity contribution in [1.82, 2.24) is 4.57 Å². The van der Waals surface area contributed by atoms with Gasteiger partial charge in [0.05, 0.1) is 17.8 Å². The van der Waals surface area contributed by atoms with Gasteiger partial charge in [0.25, 0.3) is 0 Å². The van der Waals surface area contributed by atoms with Crippen molar-refractivity contribution in [3.05, 3.63) is 65.2 Å². The van der Waals surface area contributed by atoms with Gasteiger partial charge in [0.15, 0.2) is 0 Å². The minimum absolute atomic E-state index is 0.227. The second-order valence-corrected chi connectivity index (χ2v) is 5.82. The molecule has 1 aliphatic heterocycles. The lowest BCUT2D eigenvalue weighted by molar-refractivity contribution is -0.132. The van der Waals surface area contributed by atoms with Crippen LogP contribution in [0, 0.1) is 0 Å². The monoisotopic (exact) mass is 318 g/mol. The molecule has 2 heterocycles. The fraction of sp³-hybridized carbons (Fsp3) is 0.0526. The number of aliphatic carboxylic acids is 1. The Labute approximate surface area is 137 Å². The van der Waals surface area contributed by atoms with Gasteiger partial charge in [0.1, 0.15) is 0 Å². The first-order valence-corrected chi connectivity index (χ1v) is 7.51. The quantitative estimate of drug-likeness (QED) is 0.762. The van der Waals surface area contributed by atoms with E-state index in [1.807, 2.05) is 41.0 Å². The molecule has 0 fully saturated rings. The molecule has 0 aliphatic carbocycles. The normalized spacial score (nSPS) is 12.9. The zero-order valence-corrected chi connectivity index (χ0v) is 12.7. The summed E-state index contributed by atoms with van der Waals surface area (Å²) in [5.41, 5.74) is 9.63. The number of rotatable bonds is 2. The third kappa shape index (κ3) is 2.10. The van der Waals surface area contributed by atoms with Crippen LogP contribution in [0.3, 0.4) is 0 Å². The summed E-state index contributed by atoms with van der Waals surface area (Å²) in [4.78, 5) is 23.1. The molecule has 0 unspecified atom stereocenters. The molecular formula is C19H14N2O3. The average molecular weight is 318 g/mol. The van der Waals surface area contributed by atoms with E-state index in [0.29, 0.717) is 11.1 Å². The molecule has 2 aromatic carbocycles. The largest absolute Gasteiger partial charge is 0.478 e. The van der Waals surface area contributed by atoms with Gasteiger partial charge in [0.2, 0.25) is 5.91 Å². The van der Waals surface area contributed by atoms with Crippen LogP contribution in [0.4, 0.5) is 0 Å². The number of carbonyl (C=O) groups is 2. The van der Waals surface area contributed by atoms with Crippen molar-refractivity contribution in [3.63, 3.8) is 0 Å². The molecule has 4 rings (SSSR count). The molecular weight excluding hydrogens is 304 g/mol. The van der Waals surface area contributed by atoms with E-state index in [0.717, 1.165) is 27.7 Å². The van der Waals surface area contributed by atoms with Crippen molar-refractivity contribution in [2.24, 2.45) is 5.73 Å². The highest BCUT2D eigenvalue weighted by Gasteiger charge is 2.21. The summed E-state index contributed by atoms with van der Waals surface area (Å²) in [7, 11) is 0. The molecule has 118 valence electrons. The molecule has 1 aliphatic rings. The fourth-order valence-electron chi connectivity index (χ4n) is 3.19. The summed E-state index contributed by atoms with van der Waals surface area (Å²) in [6, 6.07) is 14.9. The van der Waals surface area contributed by atoms with Gasteiger partial charge in [-0.2, -0.15) is 0 Å². The summed E-state index contributed by atoms with van der Waals surface area (Å²) in [5.74, 6) is -1.46. The number of fused-ring (bicyclic) bond motifs is 5. The van der Waals surface area contributed by atoms with Crippen molar-refractivity contribution in [2.75, 3.05) is 0 Å². The summed E-state index contributed by atoms with van der Waals surface area (Å²) in [6.45, 7) is 0.227. The maximum Gasteiger partial charge on any atom is 0.333 e. The van der Waals surface area contributed by atoms with Crippen LogP contribution in [0.5, 0.6) is 0 Å². The van der Waals surface area contributed by atoms with Gasteiger partial charge in [-0.05, 0) is 29.8 Å². The Bertz CT molecular complexity index is 1040. The summed E-state index contributed by atoms with van der Waals surface area (Å²) in [6.07, 6.45) is 1.70. The van der Waals surface area contributed by atoms with Gasteiger partial charge in [-0.1, -0.05) is 30.3 Å². The second kappa shape index (κ2) is 5.09. The molecule has 5 nitrogen and oxygen atoms in total. The highest BCUT2D eigenvalue weighted by Crippen LogP contribution is 2.35. The Hall–Kier alpha value is -3.34. The highest BCUT2D eigenvalue weighted by molar-refractivity contribution is 6.00. The number of nitrogens with zero attached hydrogens (tertiary/aromatic N) is 1. The molecule has 0 spiro atoms. The molecule has 0 radical (unpaired) electrons. The van der Waals surface area contributed by atoms with Gasteiger partial charge in [-0.15, -0.1) is 0 Å². The van der Waals surface area contributed by atoms with Crippen LogP contribution >= 0.6 is 0 Å². The SMILES string of the molecule is NC(=O)c1ccc2cc3n(c2c1)CC(C(=O)O)=Cc1ccccc1-3. The Morgan fingerprint density at radius 3 is 2.62 bits per heavy atom. The standard InChI is InChI=1S/C19H14N2O3/c20-18(22)13-6-5-12-8-17-15-4-2-1-3-11(15)7-14(19(23)24)10-21(17)16(12)9-13/h1-9H,10H2,(H2,20,22)(H,23,24). The predicted octanol–water partition coefficient (Wildman–Crippen LogP) is 2.89. The van der Waals surface area contributed by atoms with E-state index in [2.05, 4.69) is 0 Å². The molecule has 0 saturated carbocycles. The van der Waals surface area contributed by atoms with E-state index < -0.39 is 11.9 Å². The molecule has 0 bridgehead atoms. The predicted molar refractivity (Wildman–Crippen MR) is 91.5 cm³/mol. The lowest BCUT2D eigenvalue weighted by Gasteiger charge is -2.09. The zero-order valence-electron chi connectivity index (χ0n) is 12.7. The van der Waals surface area contributed by atoms with Crippen LogP contribution in [0.2, 0.25) is 0 Å². The van der Waals surface area contributed by atoms with Gasteiger partial charge in [0, 0.05) is 22.0 Å². The van der Waals surface area contributed by atoms with Crippen molar-refractivity contribution in [3.8, 4) is 11.3 Å². The van der Waals surface area contributed by atoms with E-state index in [9.17, 15) is 14.7 Å². The number of benzene rings is 2. The van der Waals surface area contributed by atoms with Crippen molar-refractivity contribution in [2.45, 2.75) is 6.54 Å². The number of primary amides is 1. The second-order valence-electron chi connectivity index (χ2n) is 5.82. The van der Waals surface area contributed by atoms with Crippen LogP contribution < -0.4 is 5.73 Å². The first-order valence-electron chi connectivity index (χ1n) is 7.51. The molecule has 3 aromatic rings. The van der Waals surface area contributed by atoms with Crippen molar-refractivity contribution in [1.29, 1.82) is 0 Å². The van der Waals surface area contributed by atoms with E-state index in [1.54, 1.807) is 18.2 Å². The topological polar surface area (TPSA) is 85.3 Å². The Balaban J connectivity index is 2.06. The van der Waals surface area contributed by atoms with Crippen LogP contribution in [0.15, 0.2) is 54.1 Å². The molecule has 1 aromatic heterocycles. The maximum absolute atomic E-state index is 11.6. The number of amides is 1. The van der Waals surface area contributed by atoms with Gasteiger partial charge >= 0.3 is 5.97 Å². The van der Waals surface area contributed by atoms with Crippen LogP contribution in [-0.4, -0.2) is 21.6 Å². The summed E-state index contributed by atoms with van der Waals surface area (Å²) >= 11 is 0. The minimum Gasteiger partial charge on any atom is -0.478 e. The lowest BCUT2D eigenvalue weighted by atomic mass is 10.0. The summed E-state index contributed by atoms with van der Waals surface area (Å²) in [5, 5.41) is 10.5. The van der Waals surface area contributed by atoms with Crippen LogP contribution in [0.25, 0.3) is 28.2 Å². The number of hydrogen-bond acceptors (Lipinski definition) is 2. The van der Waals surface area contributed by atoms with Gasteiger partial charge < -0.3 is 15.4 Å². The number of carboxylic acids is 1. The molecule has 24 heavy (non-hydrogen) atoms. The average Bonchev–Trinajstić information content (AvgIpc) is 2.83. The highest BCUT2D eigenvalue weighted by atomic mass is 16.4. The third-order valence-corrected chi connectivity index (χ3v) is 4.36. The maximum atomic E-state index is 11.6. The van der Waals surface area contributed by atoms with E-state index in [-0.39, 0.29) is 6.54 Å². The first-order chi connectivity index (χ1) is 11.5. The minimum atomic E-state index is -0.953. The van der Waals surface area contributed by atoms with E-state index in [4.69, 9.17) is 5.73 Å². The number of hydrogen-bond donors (Lipinski definition) is 2. The number of carboxylic acid groups (broad SMARTS) is 1. The van der Waals surface area contributed by atoms with E-state index >= 15 is 0 Å². The molecule has 3 N–H and O–H groups in total. The number of carbonyl (C=O) groups excluding carboxylic acids is 1. The van der Waals surface area contributed by atoms with Crippen molar-refractivity contribution < 1.29 is 14.7 Å². The molecule has 1 amide bonds.